The van der Waals surface area contributed by atoms with Gasteiger partial charge in [-0.3, -0.25) is 19.2 Å². The van der Waals surface area contributed by atoms with Gasteiger partial charge in [0.25, 0.3) is 5.56 Å². The highest BCUT2D eigenvalue weighted by atomic mass is 16.2. The van der Waals surface area contributed by atoms with Crippen molar-refractivity contribution < 1.29 is 9.59 Å². The molecule has 3 rings (SSSR count). The van der Waals surface area contributed by atoms with E-state index in [1.165, 1.54) is 0 Å². The molecule has 1 N–H and O–H groups in total. The molecule has 0 bridgehead atoms. The summed E-state index contributed by atoms with van der Waals surface area (Å²) in [5, 5.41) is 2.84. The van der Waals surface area contributed by atoms with Crippen molar-refractivity contribution in [2.75, 3.05) is 51.1 Å². The number of anilines is 1. The number of amides is 3. The van der Waals surface area contributed by atoms with Crippen LogP contribution in [0, 0.1) is 6.92 Å². The molecule has 174 valence electrons. The van der Waals surface area contributed by atoms with E-state index in [2.05, 4.69) is 10.2 Å². The number of aromatic nitrogens is 2. The van der Waals surface area contributed by atoms with Crippen molar-refractivity contribution in [2.24, 2.45) is 7.05 Å². The van der Waals surface area contributed by atoms with E-state index in [0.717, 1.165) is 18.7 Å². The lowest BCUT2D eigenvalue weighted by Gasteiger charge is -2.25. The van der Waals surface area contributed by atoms with Crippen molar-refractivity contribution in [2.45, 2.75) is 27.2 Å². The van der Waals surface area contributed by atoms with Gasteiger partial charge in [-0.15, -0.1) is 0 Å². The van der Waals surface area contributed by atoms with Crippen molar-refractivity contribution in [3.63, 3.8) is 0 Å². The zero-order valence-corrected chi connectivity index (χ0v) is 19.5. The van der Waals surface area contributed by atoms with Crippen LogP contribution in [0.5, 0.6) is 0 Å². The van der Waals surface area contributed by atoms with Crippen LogP contribution in [0.4, 0.5) is 10.5 Å². The Hall–Kier alpha value is -3.07. The minimum Gasteiger partial charge on any atom is -0.342 e. The molecule has 3 amide bonds. The second kappa shape index (κ2) is 10.5. The number of hydrogen-bond acceptors (Lipinski definition) is 4. The molecule has 2 heterocycles. The fraction of sp³-hybridized carbons (Fsp3) is 0.522. The predicted molar refractivity (Wildman–Crippen MR) is 125 cm³/mol. The number of nitrogens with zero attached hydrogens (tertiary/aromatic N) is 5. The Balaban J connectivity index is 1.67. The molecule has 1 aromatic carbocycles. The first-order valence-corrected chi connectivity index (χ1v) is 11.3. The first kappa shape index (κ1) is 23.6. The van der Waals surface area contributed by atoms with E-state index in [9.17, 15) is 14.4 Å². The molecule has 1 saturated heterocycles. The van der Waals surface area contributed by atoms with Crippen LogP contribution in [0.25, 0.3) is 5.69 Å². The van der Waals surface area contributed by atoms with E-state index in [1.807, 2.05) is 56.0 Å². The van der Waals surface area contributed by atoms with Gasteiger partial charge in [-0.2, -0.15) is 0 Å². The molecular formula is C23H34N6O3. The molecule has 0 unspecified atom stereocenters. The molecule has 9 nitrogen and oxygen atoms in total. The topological polar surface area (TPSA) is 82.8 Å². The molecule has 32 heavy (non-hydrogen) atoms. The fourth-order valence-electron chi connectivity index (χ4n) is 4.10. The van der Waals surface area contributed by atoms with Crippen molar-refractivity contribution in [3.05, 3.63) is 46.4 Å². The third-order valence-corrected chi connectivity index (χ3v) is 6.14. The number of benzene rings is 1. The summed E-state index contributed by atoms with van der Waals surface area (Å²) in [5.74, 6) is 0.120. The van der Waals surface area contributed by atoms with Crippen LogP contribution in [-0.2, 0) is 11.8 Å². The molecule has 1 fully saturated rings. The monoisotopic (exact) mass is 442 g/mol. The maximum atomic E-state index is 13.0. The average Bonchev–Trinajstić information content (AvgIpc) is 2.95. The molecule has 0 atom stereocenters. The smallest absolute Gasteiger partial charge is 0.322 e. The molecule has 0 spiro atoms. The number of carbonyl (C=O) groups excluding carboxylic acids is 2. The Labute approximate surface area is 189 Å². The number of carbonyl (C=O) groups is 2. The second-order valence-electron chi connectivity index (χ2n) is 8.05. The SMILES string of the molecule is CCN(CC)C(=O)CN1CCCN(C(=O)Nc2c(C)n(C)n(-c3ccccc3)c2=O)CC1. The zero-order chi connectivity index (χ0) is 23.3. The highest BCUT2D eigenvalue weighted by Crippen LogP contribution is 2.15. The highest BCUT2D eigenvalue weighted by Gasteiger charge is 2.24. The lowest BCUT2D eigenvalue weighted by Crippen LogP contribution is -2.42. The number of hydrogen-bond donors (Lipinski definition) is 1. The first-order chi connectivity index (χ1) is 15.4. The number of para-hydroxylation sites is 1. The molecule has 1 aliphatic heterocycles. The lowest BCUT2D eigenvalue weighted by atomic mass is 10.3. The minimum absolute atomic E-state index is 0.120. The van der Waals surface area contributed by atoms with E-state index in [4.69, 9.17) is 0 Å². The summed E-state index contributed by atoms with van der Waals surface area (Å²) < 4.78 is 3.30. The molecule has 1 aromatic heterocycles. The molecule has 2 aromatic rings. The number of nitrogens with one attached hydrogen (secondary N) is 1. The van der Waals surface area contributed by atoms with Gasteiger partial charge < -0.3 is 15.1 Å². The Morgan fingerprint density at radius 1 is 1.03 bits per heavy atom. The van der Waals surface area contributed by atoms with Gasteiger partial charge >= 0.3 is 6.03 Å². The summed E-state index contributed by atoms with van der Waals surface area (Å²) >= 11 is 0. The van der Waals surface area contributed by atoms with Crippen LogP contribution in [0.3, 0.4) is 0 Å². The van der Waals surface area contributed by atoms with Gasteiger partial charge in [-0.05, 0) is 39.3 Å². The first-order valence-electron chi connectivity index (χ1n) is 11.3. The maximum absolute atomic E-state index is 13.0. The van der Waals surface area contributed by atoms with Gasteiger partial charge in [0.05, 0.1) is 17.9 Å². The predicted octanol–water partition coefficient (Wildman–Crippen LogP) is 1.89. The van der Waals surface area contributed by atoms with Crippen molar-refractivity contribution >= 4 is 17.6 Å². The maximum Gasteiger partial charge on any atom is 0.322 e. The van der Waals surface area contributed by atoms with Crippen LogP contribution in [-0.4, -0.2) is 81.8 Å². The van der Waals surface area contributed by atoms with E-state index in [0.29, 0.717) is 50.6 Å². The quantitative estimate of drug-likeness (QED) is 0.741. The molecule has 9 heteroatoms. The summed E-state index contributed by atoms with van der Waals surface area (Å²) in [6.45, 7) is 10.0. The van der Waals surface area contributed by atoms with E-state index in [1.54, 1.807) is 21.3 Å². The van der Waals surface area contributed by atoms with Gasteiger partial charge in [0.2, 0.25) is 5.91 Å². The highest BCUT2D eigenvalue weighted by molar-refractivity contribution is 5.90. The van der Waals surface area contributed by atoms with Crippen molar-refractivity contribution in [1.29, 1.82) is 0 Å². The van der Waals surface area contributed by atoms with E-state index < -0.39 is 0 Å². The van der Waals surface area contributed by atoms with E-state index in [-0.39, 0.29) is 17.5 Å². The number of likely N-dealkylation sites (N-methyl/N-ethyl adjacent to an activating group) is 1. The Bertz CT molecular complexity index is 993. The summed E-state index contributed by atoms with van der Waals surface area (Å²) in [6, 6.07) is 9.07. The van der Waals surface area contributed by atoms with Gasteiger partial charge in [-0.25, -0.2) is 9.48 Å². The van der Waals surface area contributed by atoms with Gasteiger partial charge in [-0.1, -0.05) is 18.2 Å². The molecular weight excluding hydrogens is 408 g/mol. The summed E-state index contributed by atoms with van der Waals surface area (Å²) in [7, 11) is 1.80. The standard InChI is InChI=1S/C23H34N6O3/c1-5-27(6-2)20(30)17-26-13-10-14-28(16-15-26)23(32)24-21-18(3)25(4)29(22(21)31)19-11-8-7-9-12-19/h7-9,11-12H,5-6,10,13-17H2,1-4H3,(H,24,32). The normalized spacial score (nSPS) is 14.8. The lowest BCUT2D eigenvalue weighted by molar-refractivity contribution is -0.132. The largest absolute Gasteiger partial charge is 0.342 e. The zero-order valence-electron chi connectivity index (χ0n) is 19.5. The average molecular weight is 443 g/mol. The number of urea groups is 1. The van der Waals surface area contributed by atoms with Crippen LogP contribution in [0.15, 0.2) is 35.1 Å². The van der Waals surface area contributed by atoms with Gasteiger partial charge in [0, 0.05) is 46.3 Å². The van der Waals surface area contributed by atoms with Crippen LogP contribution < -0.4 is 10.9 Å². The minimum atomic E-state index is -0.284. The fourth-order valence-corrected chi connectivity index (χ4v) is 4.10. The Morgan fingerprint density at radius 3 is 2.38 bits per heavy atom. The Morgan fingerprint density at radius 2 is 1.72 bits per heavy atom. The molecule has 0 saturated carbocycles. The summed E-state index contributed by atoms with van der Waals surface area (Å²) in [4.78, 5) is 44.1. The third-order valence-electron chi connectivity index (χ3n) is 6.14. The summed E-state index contributed by atoms with van der Waals surface area (Å²) in [6.07, 6.45) is 0.779. The molecule has 1 aliphatic rings. The second-order valence-corrected chi connectivity index (χ2v) is 8.05. The van der Waals surface area contributed by atoms with Crippen LogP contribution in [0.1, 0.15) is 26.0 Å². The van der Waals surface area contributed by atoms with E-state index >= 15 is 0 Å². The van der Waals surface area contributed by atoms with Gasteiger partial charge in [0.15, 0.2) is 0 Å². The van der Waals surface area contributed by atoms with Crippen LogP contribution in [0.2, 0.25) is 0 Å². The van der Waals surface area contributed by atoms with Gasteiger partial charge in [0.1, 0.15) is 5.69 Å². The Kier molecular flexibility index (Phi) is 7.74. The summed E-state index contributed by atoms with van der Waals surface area (Å²) in [5.41, 5.74) is 1.46. The molecule has 0 aliphatic carbocycles. The molecule has 0 radical (unpaired) electrons. The number of rotatable bonds is 6. The van der Waals surface area contributed by atoms with Crippen molar-refractivity contribution in [1.82, 2.24) is 24.1 Å². The van der Waals surface area contributed by atoms with Crippen molar-refractivity contribution in [3.8, 4) is 5.69 Å². The third kappa shape index (κ3) is 5.04. The van der Waals surface area contributed by atoms with Crippen LogP contribution >= 0.6 is 0 Å².